The molecule has 5 nitrogen and oxygen atoms in total. The molecule has 2 aromatic carbocycles. The molecule has 0 aliphatic rings. The number of nitrogens with one attached hydrogen (secondary N) is 2. The fourth-order valence-electron chi connectivity index (χ4n) is 2.41. The van der Waals surface area contributed by atoms with E-state index in [0.717, 1.165) is 0 Å². The summed E-state index contributed by atoms with van der Waals surface area (Å²) in [6, 6.07) is 18.6. The summed E-state index contributed by atoms with van der Waals surface area (Å²) in [6.07, 6.45) is 1.63. The molecule has 0 unspecified atom stereocenters. The number of benzene rings is 2. The van der Waals surface area contributed by atoms with Crippen LogP contribution in [0.5, 0.6) is 0 Å². The SMILES string of the molecule is N#Cc1ccccc1Nc1ccc(NC(=O)Cc2cccc(F)c2)nc1. The number of halogens is 1. The van der Waals surface area contributed by atoms with Crippen molar-refractivity contribution in [3.63, 3.8) is 0 Å². The molecule has 0 saturated heterocycles. The zero-order valence-electron chi connectivity index (χ0n) is 13.7. The van der Waals surface area contributed by atoms with Crippen molar-refractivity contribution in [3.05, 3.63) is 83.8 Å². The van der Waals surface area contributed by atoms with Crippen molar-refractivity contribution >= 4 is 23.1 Å². The molecule has 0 saturated carbocycles. The first-order valence-corrected chi connectivity index (χ1v) is 7.90. The second kappa shape index (κ2) is 7.90. The van der Waals surface area contributed by atoms with Gasteiger partial charge < -0.3 is 10.6 Å². The van der Waals surface area contributed by atoms with Crippen LogP contribution in [0.3, 0.4) is 0 Å². The monoisotopic (exact) mass is 346 g/mol. The van der Waals surface area contributed by atoms with E-state index in [1.54, 1.807) is 48.7 Å². The first-order chi connectivity index (χ1) is 12.6. The van der Waals surface area contributed by atoms with Crippen molar-refractivity contribution in [2.75, 3.05) is 10.6 Å². The van der Waals surface area contributed by atoms with Gasteiger partial charge >= 0.3 is 0 Å². The zero-order chi connectivity index (χ0) is 18.4. The molecule has 3 rings (SSSR count). The normalized spacial score (nSPS) is 10.0. The molecule has 1 heterocycles. The van der Waals surface area contributed by atoms with Gasteiger partial charge in [0.05, 0.1) is 29.6 Å². The molecule has 26 heavy (non-hydrogen) atoms. The van der Waals surface area contributed by atoms with Gasteiger partial charge in [0.25, 0.3) is 0 Å². The Hall–Kier alpha value is -3.72. The molecule has 3 aromatic rings. The van der Waals surface area contributed by atoms with Gasteiger partial charge in [0, 0.05) is 0 Å². The van der Waals surface area contributed by atoms with Gasteiger partial charge in [-0.3, -0.25) is 4.79 Å². The second-order valence-corrected chi connectivity index (χ2v) is 5.57. The Kier molecular flexibility index (Phi) is 5.20. The molecule has 1 aromatic heterocycles. The second-order valence-electron chi connectivity index (χ2n) is 5.57. The van der Waals surface area contributed by atoms with Crippen molar-refractivity contribution < 1.29 is 9.18 Å². The third kappa shape index (κ3) is 4.42. The number of carbonyl (C=O) groups excluding carboxylic acids is 1. The van der Waals surface area contributed by atoms with E-state index in [2.05, 4.69) is 21.7 Å². The number of amides is 1. The third-order valence-corrected chi connectivity index (χ3v) is 3.61. The Bertz CT molecular complexity index is 964. The topological polar surface area (TPSA) is 77.8 Å². The van der Waals surface area contributed by atoms with E-state index in [-0.39, 0.29) is 18.1 Å². The van der Waals surface area contributed by atoms with Crippen LogP contribution >= 0.6 is 0 Å². The molecular formula is C20H15FN4O. The van der Waals surface area contributed by atoms with Gasteiger partial charge in [-0.15, -0.1) is 0 Å². The molecule has 0 radical (unpaired) electrons. The van der Waals surface area contributed by atoms with Gasteiger partial charge in [-0.25, -0.2) is 9.37 Å². The van der Waals surface area contributed by atoms with Gasteiger partial charge in [0.15, 0.2) is 0 Å². The van der Waals surface area contributed by atoms with Crippen LogP contribution in [0.1, 0.15) is 11.1 Å². The number of nitrogens with zero attached hydrogens (tertiary/aromatic N) is 2. The molecule has 0 spiro atoms. The van der Waals surface area contributed by atoms with Crippen molar-refractivity contribution in [1.82, 2.24) is 4.98 Å². The van der Waals surface area contributed by atoms with Gasteiger partial charge in [-0.2, -0.15) is 5.26 Å². The fourth-order valence-corrected chi connectivity index (χ4v) is 2.41. The van der Waals surface area contributed by atoms with E-state index in [1.165, 1.54) is 12.1 Å². The maximum atomic E-state index is 13.2. The van der Waals surface area contributed by atoms with Crippen molar-refractivity contribution in [3.8, 4) is 6.07 Å². The van der Waals surface area contributed by atoms with Gasteiger partial charge in [-0.05, 0) is 42.0 Å². The van der Waals surface area contributed by atoms with Crippen molar-refractivity contribution in [2.24, 2.45) is 0 Å². The zero-order valence-corrected chi connectivity index (χ0v) is 13.7. The van der Waals surface area contributed by atoms with E-state index >= 15 is 0 Å². The van der Waals surface area contributed by atoms with Gasteiger partial charge in [0.2, 0.25) is 5.91 Å². The molecule has 1 amide bonds. The Morgan fingerprint density at radius 3 is 2.69 bits per heavy atom. The van der Waals surface area contributed by atoms with Crippen LogP contribution in [0.15, 0.2) is 66.9 Å². The largest absolute Gasteiger partial charge is 0.353 e. The molecule has 6 heteroatoms. The molecule has 2 N–H and O–H groups in total. The third-order valence-electron chi connectivity index (χ3n) is 3.61. The number of carbonyl (C=O) groups is 1. The van der Waals surface area contributed by atoms with Crippen LogP contribution in [0.2, 0.25) is 0 Å². The van der Waals surface area contributed by atoms with E-state index in [0.29, 0.717) is 28.3 Å². The molecule has 0 aliphatic heterocycles. The minimum atomic E-state index is -0.374. The molecular weight excluding hydrogens is 331 g/mol. The molecule has 0 fully saturated rings. The van der Waals surface area contributed by atoms with Crippen molar-refractivity contribution in [2.45, 2.75) is 6.42 Å². The molecule has 0 aliphatic carbocycles. The number of anilines is 3. The Balaban J connectivity index is 1.62. The van der Waals surface area contributed by atoms with Crippen LogP contribution in [0, 0.1) is 17.1 Å². The molecule has 0 bridgehead atoms. The summed E-state index contributed by atoms with van der Waals surface area (Å²) in [5, 5.41) is 14.9. The minimum Gasteiger partial charge on any atom is -0.353 e. The Morgan fingerprint density at radius 1 is 1.12 bits per heavy atom. The quantitative estimate of drug-likeness (QED) is 0.731. The number of rotatable bonds is 5. The number of aromatic nitrogens is 1. The standard InChI is InChI=1S/C20H15FN4O/c21-16-6-3-4-14(10-16)11-20(26)25-19-9-8-17(13-23-19)24-18-7-2-1-5-15(18)12-22/h1-10,13,24H,11H2,(H,23,25,26). The highest BCUT2D eigenvalue weighted by Gasteiger charge is 2.07. The van der Waals surface area contributed by atoms with E-state index < -0.39 is 0 Å². The maximum Gasteiger partial charge on any atom is 0.229 e. The lowest BCUT2D eigenvalue weighted by Gasteiger charge is -2.09. The van der Waals surface area contributed by atoms with E-state index in [4.69, 9.17) is 5.26 Å². The summed E-state index contributed by atoms with van der Waals surface area (Å²) in [6.45, 7) is 0. The Morgan fingerprint density at radius 2 is 1.96 bits per heavy atom. The predicted octanol–water partition coefficient (Wildman–Crippen LogP) is 4.02. The van der Waals surface area contributed by atoms with Crippen LogP contribution < -0.4 is 10.6 Å². The van der Waals surface area contributed by atoms with Crippen LogP contribution in [-0.4, -0.2) is 10.9 Å². The minimum absolute atomic E-state index is 0.0645. The average Bonchev–Trinajstić information content (AvgIpc) is 2.64. The first-order valence-electron chi connectivity index (χ1n) is 7.90. The average molecular weight is 346 g/mol. The number of hydrogen-bond acceptors (Lipinski definition) is 4. The lowest BCUT2D eigenvalue weighted by atomic mass is 10.1. The van der Waals surface area contributed by atoms with E-state index in [9.17, 15) is 9.18 Å². The number of para-hydroxylation sites is 1. The highest BCUT2D eigenvalue weighted by atomic mass is 19.1. The van der Waals surface area contributed by atoms with Crippen LogP contribution in [0.4, 0.5) is 21.6 Å². The summed E-state index contributed by atoms with van der Waals surface area (Å²) < 4.78 is 13.2. The van der Waals surface area contributed by atoms with Crippen LogP contribution in [0.25, 0.3) is 0 Å². The smallest absolute Gasteiger partial charge is 0.229 e. The van der Waals surface area contributed by atoms with Crippen LogP contribution in [-0.2, 0) is 11.2 Å². The summed E-state index contributed by atoms with van der Waals surface area (Å²) >= 11 is 0. The molecule has 0 atom stereocenters. The number of hydrogen-bond donors (Lipinski definition) is 2. The van der Waals surface area contributed by atoms with Gasteiger partial charge in [-0.1, -0.05) is 24.3 Å². The summed E-state index contributed by atoms with van der Waals surface area (Å²) in [5.74, 6) is -0.259. The summed E-state index contributed by atoms with van der Waals surface area (Å²) in [7, 11) is 0. The summed E-state index contributed by atoms with van der Waals surface area (Å²) in [5.41, 5.74) is 2.49. The number of pyridine rings is 1. The van der Waals surface area contributed by atoms with Crippen molar-refractivity contribution in [1.29, 1.82) is 5.26 Å². The fraction of sp³-hybridized carbons (Fsp3) is 0.0500. The highest BCUT2D eigenvalue weighted by Crippen LogP contribution is 2.20. The molecule has 128 valence electrons. The number of nitriles is 1. The Labute approximate surface area is 150 Å². The lowest BCUT2D eigenvalue weighted by molar-refractivity contribution is -0.115. The predicted molar refractivity (Wildman–Crippen MR) is 97.4 cm³/mol. The summed E-state index contributed by atoms with van der Waals surface area (Å²) in [4.78, 5) is 16.2. The van der Waals surface area contributed by atoms with Gasteiger partial charge in [0.1, 0.15) is 17.7 Å². The lowest BCUT2D eigenvalue weighted by Crippen LogP contribution is -2.15. The highest BCUT2D eigenvalue weighted by molar-refractivity contribution is 5.91. The van der Waals surface area contributed by atoms with E-state index in [1.807, 2.05) is 6.07 Å². The maximum absolute atomic E-state index is 13.2. The first kappa shape index (κ1) is 17.1.